The number of esters is 2. The molecule has 0 aliphatic heterocycles. The van der Waals surface area contributed by atoms with Gasteiger partial charge < -0.3 is 9.47 Å². The van der Waals surface area contributed by atoms with E-state index in [1.54, 1.807) is 0 Å². The molecule has 0 N–H and O–H groups in total. The van der Waals surface area contributed by atoms with Crippen molar-refractivity contribution in [3.05, 3.63) is 0 Å². The van der Waals surface area contributed by atoms with Crippen molar-refractivity contribution in [2.24, 2.45) is 0 Å². The van der Waals surface area contributed by atoms with Gasteiger partial charge in [0, 0.05) is 19.3 Å². The molecule has 0 heterocycles. The van der Waals surface area contributed by atoms with Crippen LogP contribution in [0.4, 0.5) is 0 Å². The smallest absolute Gasteiger partial charge is 0.306 e. The van der Waals surface area contributed by atoms with Crippen LogP contribution in [0.15, 0.2) is 0 Å². The van der Waals surface area contributed by atoms with Gasteiger partial charge >= 0.3 is 11.9 Å². The van der Waals surface area contributed by atoms with Crippen LogP contribution in [-0.2, 0) is 19.1 Å². The summed E-state index contributed by atoms with van der Waals surface area (Å²) in [5.41, 5.74) is 0. The molecule has 4 nitrogen and oxygen atoms in total. The third kappa shape index (κ3) is 11.5. The van der Waals surface area contributed by atoms with Crippen molar-refractivity contribution >= 4 is 11.9 Å². The average molecular weight is 369 g/mol. The van der Waals surface area contributed by atoms with Crippen molar-refractivity contribution in [3.8, 4) is 0 Å². The van der Waals surface area contributed by atoms with Gasteiger partial charge in [-0.25, -0.2) is 0 Å². The van der Waals surface area contributed by atoms with E-state index in [1.807, 2.05) is 0 Å². The Morgan fingerprint density at radius 1 is 0.692 bits per heavy atom. The molecule has 1 saturated carbocycles. The van der Waals surface area contributed by atoms with Crippen molar-refractivity contribution in [2.75, 3.05) is 0 Å². The van der Waals surface area contributed by atoms with E-state index in [0.717, 1.165) is 44.9 Å². The highest BCUT2D eigenvalue weighted by atomic mass is 16.6. The lowest BCUT2D eigenvalue weighted by atomic mass is 9.94. The fraction of sp³-hybridized carbons (Fsp3) is 0.909. The second-order valence-corrected chi connectivity index (χ2v) is 7.72. The van der Waals surface area contributed by atoms with Crippen molar-refractivity contribution in [3.63, 3.8) is 0 Å². The van der Waals surface area contributed by atoms with E-state index in [-0.39, 0.29) is 24.1 Å². The predicted octanol–water partition coefficient (Wildman–Crippen LogP) is 6.11. The molecule has 0 bridgehead atoms. The van der Waals surface area contributed by atoms with E-state index in [2.05, 4.69) is 13.8 Å². The number of unbranched alkanes of at least 4 members (excludes halogenated alkanes) is 8. The first-order valence-corrected chi connectivity index (χ1v) is 11.0. The van der Waals surface area contributed by atoms with Crippen LogP contribution in [0.3, 0.4) is 0 Å². The summed E-state index contributed by atoms with van der Waals surface area (Å²) in [5, 5.41) is 0. The molecule has 0 saturated heterocycles. The number of rotatable bonds is 14. The van der Waals surface area contributed by atoms with E-state index in [9.17, 15) is 9.59 Å². The summed E-state index contributed by atoms with van der Waals surface area (Å²) < 4.78 is 11.2. The van der Waals surface area contributed by atoms with Crippen LogP contribution < -0.4 is 0 Å². The molecule has 4 heteroatoms. The maximum absolute atomic E-state index is 12.0. The molecule has 152 valence electrons. The minimum absolute atomic E-state index is 0.0748. The molecule has 26 heavy (non-hydrogen) atoms. The molecule has 2 unspecified atom stereocenters. The number of ether oxygens (including phenoxy) is 2. The van der Waals surface area contributed by atoms with Crippen LogP contribution in [-0.4, -0.2) is 24.1 Å². The van der Waals surface area contributed by atoms with Gasteiger partial charge in [0.1, 0.15) is 12.2 Å². The van der Waals surface area contributed by atoms with Crippen molar-refractivity contribution < 1.29 is 19.1 Å². The van der Waals surface area contributed by atoms with Crippen LogP contribution in [0.25, 0.3) is 0 Å². The quantitative estimate of drug-likeness (QED) is 0.274. The second-order valence-electron chi connectivity index (χ2n) is 7.72. The summed E-state index contributed by atoms with van der Waals surface area (Å²) in [4.78, 5) is 23.9. The van der Waals surface area contributed by atoms with Crippen LogP contribution in [0, 0.1) is 0 Å². The van der Waals surface area contributed by atoms with Gasteiger partial charge in [-0.05, 0) is 32.1 Å². The third-order valence-electron chi connectivity index (χ3n) is 5.14. The van der Waals surface area contributed by atoms with E-state index >= 15 is 0 Å². The Bertz CT molecular complexity index is 346. The molecule has 0 spiro atoms. The topological polar surface area (TPSA) is 52.6 Å². The Kier molecular flexibility index (Phi) is 13.3. The highest BCUT2D eigenvalue weighted by molar-refractivity contribution is 5.70. The maximum atomic E-state index is 12.0. The minimum Gasteiger partial charge on any atom is -0.462 e. The third-order valence-corrected chi connectivity index (χ3v) is 5.14. The number of hydrogen-bond acceptors (Lipinski definition) is 4. The predicted molar refractivity (Wildman–Crippen MR) is 105 cm³/mol. The number of carbonyl (C=O) groups is 2. The fourth-order valence-corrected chi connectivity index (χ4v) is 3.55. The monoisotopic (exact) mass is 368 g/mol. The Morgan fingerprint density at radius 2 is 1.12 bits per heavy atom. The zero-order valence-corrected chi connectivity index (χ0v) is 17.1. The maximum Gasteiger partial charge on any atom is 0.306 e. The highest BCUT2D eigenvalue weighted by Crippen LogP contribution is 2.25. The summed E-state index contributed by atoms with van der Waals surface area (Å²) >= 11 is 0. The molecular formula is C22H40O4. The fourth-order valence-electron chi connectivity index (χ4n) is 3.55. The lowest BCUT2D eigenvalue weighted by Gasteiger charge is -2.28. The molecule has 2 atom stereocenters. The lowest BCUT2D eigenvalue weighted by molar-refractivity contribution is -0.158. The highest BCUT2D eigenvalue weighted by Gasteiger charge is 2.27. The summed E-state index contributed by atoms with van der Waals surface area (Å²) in [6.45, 7) is 4.38. The van der Waals surface area contributed by atoms with Crippen LogP contribution in [0.2, 0.25) is 0 Å². The van der Waals surface area contributed by atoms with Gasteiger partial charge in [0.15, 0.2) is 0 Å². The zero-order chi connectivity index (χ0) is 19.0. The molecule has 1 rings (SSSR count). The Balaban J connectivity index is 2.14. The SMILES string of the molecule is CCCCCCCC(=O)OC1CCCC(OC(=O)CCCCCCC)C1. The van der Waals surface area contributed by atoms with Crippen molar-refractivity contribution in [2.45, 2.75) is 129 Å². The lowest BCUT2D eigenvalue weighted by Crippen LogP contribution is -2.31. The summed E-state index contributed by atoms with van der Waals surface area (Å²) in [5.74, 6) is -0.177. The van der Waals surface area contributed by atoms with Gasteiger partial charge in [-0.15, -0.1) is 0 Å². The first kappa shape index (κ1) is 23.0. The largest absolute Gasteiger partial charge is 0.462 e. The van der Waals surface area contributed by atoms with Crippen molar-refractivity contribution in [1.29, 1.82) is 0 Å². The Labute approximate surface area is 160 Å². The normalized spacial score (nSPS) is 19.9. The van der Waals surface area contributed by atoms with Gasteiger partial charge in [-0.2, -0.15) is 0 Å². The van der Waals surface area contributed by atoms with Crippen LogP contribution in [0.1, 0.15) is 117 Å². The molecule has 1 aliphatic rings. The molecule has 0 amide bonds. The van der Waals surface area contributed by atoms with Crippen molar-refractivity contribution in [1.82, 2.24) is 0 Å². The van der Waals surface area contributed by atoms with Crippen LogP contribution >= 0.6 is 0 Å². The van der Waals surface area contributed by atoms with E-state index < -0.39 is 0 Å². The molecule has 1 aliphatic carbocycles. The minimum atomic E-state index is -0.0885. The van der Waals surface area contributed by atoms with Crippen LogP contribution in [0.5, 0.6) is 0 Å². The first-order valence-electron chi connectivity index (χ1n) is 11.0. The molecule has 0 aromatic carbocycles. The summed E-state index contributed by atoms with van der Waals surface area (Å²) in [6, 6.07) is 0. The number of carbonyl (C=O) groups excluding carboxylic acids is 2. The molecule has 0 radical (unpaired) electrons. The zero-order valence-electron chi connectivity index (χ0n) is 17.1. The molecule has 1 fully saturated rings. The molecule has 0 aromatic rings. The van der Waals surface area contributed by atoms with E-state index in [4.69, 9.17) is 9.47 Å². The summed E-state index contributed by atoms with van der Waals surface area (Å²) in [7, 11) is 0. The van der Waals surface area contributed by atoms with Gasteiger partial charge in [-0.3, -0.25) is 9.59 Å². The summed E-state index contributed by atoms with van der Waals surface area (Å²) in [6.07, 6.45) is 15.7. The van der Waals surface area contributed by atoms with Gasteiger partial charge in [0.05, 0.1) is 0 Å². The average Bonchev–Trinajstić information content (AvgIpc) is 2.61. The molecular weight excluding hydrogens is 328 g/mol. The standard InChI is InChI=1S/C22H40O4/c1-3-5-7-9-11-16-21(23)25-19-14-13-15-20(18-19)26-22(24)17-12-10-8-6-4-2/h19-20H,3-18H2,1-2H3. The van der Waals surface area contributed by atoms with Gasteiger partial charge in [-0.1, -0.05) is 65.2 Å². The Hall–Kier alpha value is -1.06. The Morgan fingerprint density at radius 3 is 1.54 bits per heavy atom. The molecule has 0 aromatic heterocycles. The first-order chi connectivity index (χ1) is 12.7. The second kappa shape index (κ2) is 15.0. The number of hydrogen-bond donors (Lipinski definition) is 0. The van der Waals surface area contributed by atoms with E-state index in [1.165, 1.54) is 38.5 Å². The van der Waals surface area contributed by atoms with E-state index in [0.29, 0.717) is 19.3 Å². The van der Waals surface area contributed by atoms with Gasteiger partial charge in [0.2, 0.25) is 0 Å². The van der Waals surface area contributed by atoms with Gasteiger partial charge in [0.25, 0.3) is 0 Å².